The first kappa shape index (κ1) is 18.0. The number of rotatable bonds is 8. The molecule has 7 nitrogen and oxygen atoms in total. The highest BCUT2D eigenvalue weighted by Crippen LogP contribution is 2.14. The van der Waals surface area contributed by atoms with Crippen LogP contribution in [0.5, 0.6) is 0 Å². The number of carbonyl (C=O) groups is 2. The summed E-state index contributed by atoms with van der Waals surface area (Å²) in [5.41, 5.74) is 0.300. The fourth-order valence-corrected chi connectivity index (χ4v) is 2.80. The van der Waals surface area contributed by atoms with Gasteiger partial charge in [-0.2, -0.15) is 11.8 Å². The summed E-state index contributed by atoms with van der Waals surface area (Å²) in [7, 11) is 0. The Kier molecular flexibility index (Phi) is 6.36. The van der Waals surface area contributed by atoms with Crippen LogP contribution in [0.1, 0.15) is 18.9 Å². The number of para-hydroxylation sites is 1. The number of hydrogen-bond acceptors (Lipinski definition) is 5. The molecule has 0 saturated carbocycles. The minimum Gasteiger partial charge on any atom is -0.481 e. The number of carboxylic acids is 1. The van der Waals surface area contributed by atoms with E-state index in [0.29, 0.717) is 23.1 Å². The molecular formula is C16H19N3O4S. The number of aliphatic carboxylic acids is 1. The molecule has 2 N–H and O–H groups in total. The smallest absolute Gasteiger partial charge is 0.305 e. The number of carboxylic acid groups (broad SMARTS) is 1. The van der Waals surface area contributed by atoms with Crippen molar-refractivity contribution in [3.05, 3.63) is 40.9 Å². The van der Waals surface area contributed by atoms with Crippen molar-refractivity contribution in [1.82, 2.24) is 14.9 Å². The molecule has 0 aliphatic carbocycles. The van der Waals surface area contributed by atoms with Crippen LogP contribution in [0.15, 0.2) is 35.4 Å². The lowest BCUT2D eigenvalue weighted by atomic mass is 10.2. The van der Waals surface area contributed by atoms with Crippen LogP contribution in [0.4, 0.5) is 0 Å². The van der Waals surface area contributed by atoms with E-state index in [1.165, 1.54) is 10.9 Å². The van der Waals surface area contributed by atoms with E-state index in [1.807, 2.05) is 6.26 Å². The lowest BCUT2D eigenvalue weighted by molar-refractivity contribution is -0.137. The Balaban J connectivity index is 2.30. The molecule has 0 aliphatic heterocycles. The molecule has 1 aromatic carbocycles. The van der Waals surface area contributed by atoms with Crippen molar-refractivity contribution in [1.29, 1.82) is 0 Å². The molecular weight excluding hydrogens is 330 g/mol. The number of thioether (sulfide) groups is 1. The number of fused-ring (bicyclic) bond motifs is 1. The third kappa shape index (κ3) is 4.35. The second-order valence-corrected chi connectivity index (χ2v) is 6.19. The lowest BCUT2D eigenvalue weighted by Crippen LogP contribution is -2.38. The topological polar surface area (TPSA) is 101 Å². The first-order valence-corrected chi connectivity index (χ1v) is 8.88. The minimum absolute atomic E-state index is 0.0275. The van der Waals surface area contributed by atoms with E-state index in [4.69, 9.17) is 5.11 Å². The van der Waals surface area contributed by atoms with E-state index in [0.717, 1.165) is 0 Å². The minimum atomic E-state index is -0.986. The summed E-state index contributed by atoms with van der Waals surface area (Å²) >= 11 is 1.57. The summed E-state index contributed by atoms with van der Waals surface area (Å²) in [6, 6.07) is 6.25. The van der Waals surface area contributed by atoms with Gasteiger partial charge in [-0.3, -0.25) is 19.0 Å². The van der Waals surface area contributed by atoms with Crippen LogP contribution < -0.4 is 10.9 Å². The molecule has 0 spiro atoms. The molecule has 128 valence electrons. The number of aromatic nitrogens is 2. The van der Waals surface area contributed by atoms with E-state index >= 15 is 0 Å². The highest BCUT2D eigenvalue weighted by Gasteiger charge is 2.22. The van der Waals surface area contributed by atoms with E-state index in [2.05, 4.69) is 10.3 Å². The van der Waals surface area contributed by atoms with Gasteiger partial charge in [-0.1, -0.05) is 12.1 Å². The molecule has 0 aliphatic rings. The van der Waals surface area contributed by atoms with Crippen molar-refractivity contribution in [2.45, 2.75) is 18.9 Å². The number of hydrogen-bond donors (Lipinski definition) is 2. The molecule has 0 fully saturated rings. The highest BCUT2D eigenvalue weighted by atomic mass is 32.2. The van der Waals surface area contributed by atoms with Gasteiger partial charge in [-0.15, -0.1) is 0 Å². The molecule has 1 atom stereocenters. The van der Waals surface area contributed by atoms with Gasteiger partial charge in [0.2, 0.25) is 5.91 Å². The van der Waals surface area contributed by atoms with Crippen LogP contribution in [-0.4, -0.2) is 45.1 Å². The third-order valence-corrected chi connectivity index (χ3v) is 4.21. The van der Waals surface area contributed by atoms with Crippen molar-refractivity contribution in [3.63, 3.8) is 0 Å². The first-order valence-electron chi connectivity index (χ1n) is 7.49. The van der Waals surface area contributed by atoms with Gasteiger partial charge in [0.25, 0.3) is 5.56 Å². The SMILES string of the molecule is CSCCC(C(=O)NCCC(=O)O)n1cnc2ccccc2c1=O. The molecule has 1 aromatic heterocycles. The Morgan fingerprint density at radius 2 is 2.12 bits per heavy atom. The summed E-state index contributed by atoms with van der Waals surface area (Å²) in [4.78, 5) is 39.9. The van der Waals surface area contributed by atoms with Gasteiger partial charge in [-0.25, -0.2) is 4.98 Å². The van der Waals surface area contributed by atoms with Gasteiger partial charge >= 0.3 is 5.97 Å². The van der Waals surface area contributed by atoms with Gasteiger partial charge in [0, 0.05) is 6.54 Å². The van der Waals surface area contributed by atoms with E-state index < -0.39 is 12.0 Å². The maximum absolute atomic E-state index is 12.7. The summed E-state index contributed by atoms with van der Waals surface area (Å²) < 4.78 is 1.33. The summed E-state index contributed by atoms with van der Waals surface area (Å²) in [5.74, 6) is -0.666. The number of nitrogens with zero attached hydrogens (tertiary/aromatic N) is 2. The second-order valence-electron chi connectivity index (χ2n) is 5.21. The Morgan fingerprint density at radius 1 is 1.38 bits per heavy atom. The van der Waals surface area contributed by atoms with Crippen molar-refractivity contribution in [2.75, 3.05) is 18.6 Å². The van der Waals surface area contributed by atoms with Crippen LogP contribution in [0.3, 0.4) is 0 Å². The Labute approximate surface area is 143 Å². The predicted molar refractivity (Wildman–Crippen MR) is 93.3 cm³/mol. The van der Waals surface area contributed by atoms with Crippen LogP contribution in [-0.2, 0) is 9.59 Å². The molecule has 0 radical (unpaired) electrons. The normalized spacial score (nSPS) is 12.0. The lowest BCUT2D eigenvalue weighted by Gasteiger charge is -2.19. The zero-order valence-corrected chi connectivity index (χ0v) is 14.1. The fourth-order valence-electron chi connectivity index (χ4n) is 2.34. The molecule has 1 heterocycles. The zero-order chi connectivity index (χ0) is 17.5. The average molecular weight is 349 g/mol. The predicted octanol–water partition coefficient (Wildman–Crippen LogP) is 1.28. The Bertz CT molecular complexity index is 790. The monoisotopic (exact) mass is 349 g/mol. The summed E-state index contributed by atoms with van der Waals surface area (Å²) in [5, 5.41) is 11.7. The second kappa shape index (κ2) is 8.49. The first-order chi connectivity index (χ1) is 11.5. The van der Waals surface area contributed by atoms with Gasteiger partial charge in [-0.05, 0) is 30.6 Å². The molecule has 2 aromatic rings. The Hall–Kier alpha value is -2.35. The highest BCUT2D eigenvalue weighted by molar-refractivity contribution is 7.98. The maximum atomic E-state index is 12.7. The van der Waals surface area contributed by atoms with Crippen molar-refractivity contribution >= 4 is 34.5 Å². The summed E-state index contributed by atoms with van der Waals surface area (Å²) in [6.07, 6.45) is 3.60. The van der Waals surface area contributed by atoms with Crippen LogP contribution in [0.25, 0.3) is 10.9 Å². The number of benzene rings is 1. The molecule has 2 rings (SSSR count). The summed E-state index contributed by atoms with van der Waals surface area (Å²) in [6.45, 7) is 0.0275. The molecule has 0 bridgehead atoms. The number of carbonyl (C=O) groups excluding carboxylic acids is 1. The molecule has 1 amide bonds. The number of amides is 1. The fraction of sp³-hybridized carbons (Fsp3) is 0.375. The molecule has 0 saturated heterocycles. The van der Waals surface area contributed by atoms with Gasteiger partial charge in [0.15, 0.2) is 0 Å². The van der Waals surface area contributed by atoms with E-state index in [1.54, 1.807) is 36.0 Å². The average Bonchev–Trinajstić information content (AvgIpc) is 2.57. The quantitative estimate of drug-likeness (QED) is 0.744. The molecule has 1 unspecified atom stereocenters. The molecule has 8 heteroatoms. The van der Waals surface area contributed by atoms with E-state index in [-0.39, 0.29) is 24.4 Å². The van der Waals surface area contributed by atoms with Crippen molar-refractivity contribution in [2.24, 2.45) is 0 Å². The van der Waals surface area contributed by atoms with Crippen LogP contribution in [0, 0.1) is 0 Å². The van der Waals surface area contributed by atoms with Crippen LogP contribution in [0.2, 0.25) is 0 Å². The van der Waals surface area contributed by atoms with Crippen molar-refractivity contribution < 1.29 is 14.7 Å². The third-order valence-electron chi connectivity index (χ3n) is 3.56. The maximum Gasteiger partial charge on any atom is 0.305 e. The largest absolute Gasteiger partial charge is 0.481 e. The standard InChI is InChI=1S/C16H19N3O4S/c1-24-9-7-13(15(22)17-8-6-14(20)21)19-10-18-12-5-3-2-4-11(12)16(19)23/h2-5,10,13H,6-9H2,1H3,(H,17,22)(H,20,21). The van der Waals surface area contributed by atoms with Crippen molar-refractivity contribution in [3.8, 4) is 0 Å². The van der Waals surface area contributed by atoms with Gasteiger partial charge < -0.3 is 10.4 Å². The van der Waals surface area contributed by atoms with Gasteiger partial charge in [0.1, 0.15) is 6.04 Å². The van der Waals surface area contributed by atoms with E-state index in [9.17, 15) is 14.4 Å². The zero-order valence-electron chi connectivity index (χ0n) is 13.3. The van der Waals surface area contributed by atoms with Crippen LogP contribution >= 0.6 is 11.8 Å². The number of nitrogens with one attached hydrogen (secondary N) is 1. The Morgan fingerprint density at radius 3 is 2.83 bits per heavy atom. The molecule has 24 heavy (non-hydrogen) atoms. The van der Waals surface area contributed by atoms with Gasteiger partial charge in [0.05, 0.1) is 23.7 Å².